The fraction of sp³-hybridized carbons (Fsp3) is 0.400. The van der Waals surface area contributed by atoms with Gasteiger partial charge < -0.3 is 15.1 Å². The molecule has 0 saturated carbocycles. The zero-order chi connectivity index (χ0) is 15.4. The molecule has 1 saturated heterocycles. The molecule has 2 N–H and O–H groups in total. The summed E-state index contributed by atoms with van der Waals surface area (Å²) in [6.07, 6.45) is -0.725. The zero-order valence-electron chi connectivity index (χ0n) is 11.8. The monoisotopic (exact) mass is 290 g/mol. The molecule has 1 heterocycles. The van der Waals surface area contributed by atoms with Gasteiger partial charge in [-0.25, -0.2) is 4.79 Å². The molecule has 2 rings (SSSR count). The Bertz CT molecular complexity index is 556. The third-order valence-electron chi connectivity index (χ3n) is 3.65. The number of piperidine rings is 1. The van der Waals surface area contributed by atoms with Crippen molar-refractivity contribution in [3.8, 4) is 0 Å². The Morgan fingerprint density at radius 1 is 1.29 bits per heavy atom. The average molecular weight is 290 g/mol. The van der Waals surface area contributed by atoms with Gasteiger partial charge >= 0.3 is 12.1 Å². The first-order chi connectivity index (χ1) is 9.99. The minimum absolute atomic E-state index is 0.0367. The van der Waals surface area contributed by atoms with Crippen molar-refractivity contribution < 1.29 is 19.8 Å². The van der Waals surface area contributed by atoms with Crippen molar-refractivity contribution in [1.82, 2.24) is 4.90 Å². The van der Waals surface area contributed by atoms with E-state index in [1.807, 2.05) is 37.3 Å². The zero-order valence-corrected chi connectivity index (χ0v) is 11.8. The molecular formula is C15H18N2O4. The van der Waals surface area contributed by atoms with Gasteiger partial charge in [0, 0.05) is 25.2 Å². The summed E-state index contributed by atoms with van der Waals surface area (Å²) >= 11 is 0. The van der Waals surface area contributed by atoms with Crippen LogP contribution in [0.1, 0.15) is 24.9 Å². The Kier molecular flexibility index (Phi) is 4.57. The van der Waals surface area contributed by atoms with Crippen LogP contribution in [0.2, 0.25) is 0 Å². The standard InChI is InChI=1S/C15H18N2O4/c1-10(11-5-3-2-4-6-11)16-13-7-8-17(15(20)21)9-12(13)14(18)19/h2-6,10,12H,7-9H2,1H3,(H,18,19)(H,20,21). The molecule has 1 aromatic rings. The molecule has 1 fully saturated rings. The second-order valence-electron chi connectivity index (χ2n) is 5.08. The Labute approximate surface area is 122 Å². The molecular weight excluding hydrogens is 272 g/mol. The van der Waals surface area contributed by atoms with E-state index in [0.29, 0.717) is 18.7 Å². The number of likely N-dealkylation sites (tertiary alicyclic amines) is 1. The maximum Gasteiger partial charge on any atom is 0.407 e. The van der Waals surface area contributed by atoms with Crippen molar-refractivity contribution in [2.24, 2.45) is 10.9 Å². The van der Waals surface area contributed by atoms with E-state index >= 15 is 0 Å². The highest BCUT2D eigenvalue weighted by atomic mass is 16.4. The van der Waals surface area contributed by atoms with Crippen molar-refractivity contribution in [3.05, 3.63) is 35.9 Å². The topological polar surface area (TPSA) is 90.2 Å². The van der Waals surface area contributed by atoms with Gasteiger partial charge in [0.25, 0.3) is 0 Å². The van der Waals surface area contributed by atoms with Crippen LogP contribution in [0.15, 0.2) is 35.3 Å². The molecule has 0 bridgehead atoms. The number of nitrogens with zero attached hydrogens (tertiary/aromatic N) is 2. The summed E-state index contributed by atoms with van der Waals surface area (Å²) in [6.45, 7) is 2.16. The maximum atomic E-state index is 11.4. The number of aliphatic carboxylic acids is 1. The van der Waals surface area contributed by atoms with Crippen molar-refractivity contribution in [1.29, 1.82) is 0 Å². The molecule has 2 unspecified atom stereocenters. The summed E-state index contributed by atoms with van der Waals surface area (Å²) < 4.78 is 0. The highest BCUT2D eigenvalue weighted by Crippen LogP contribution is 2.22. The van der Waals surface area contributed by atoms with E-state index in [1.54, 1.807) is 0 Å². The Morgan fingerprint density at radius 3 is 2.52 bits per heavy atom. The third kappa shape index (κ3) is 3.59. The van der Waals surface area contributed by atoms with Crippen molar-refractivity contribution >= 4 is 17.8 Å². The van der Waals surface area contributed by atoms with E-state index in [9.17, 15) is 14.7 Å². The molecule has 2 atom stereocenters. The molecule has 0 radical (unpaired) electrons. The third-order valence-corrected chi connectivity index (χ3v) is 3.65. The van der Waals surface area contributed by atoms with Crippen molar-refractivity contribution in [2.75, 3.05) is 13.1 Å². The molecule has 6 nitrogen and oxygen atoms in total. The molecule has 1 aliphatic heterocycles. The quantitative estimate of drug-likeness (QED) is 0.893. The number of aliphatic imine (C=N–C) groups is 1. The predicted octanol–water partition coefficient (Wildman–Crippen LogP) is 2.27. The van der Waals surface area contributed by atoms with Crippen LogP contribution in [-0.2, 0) is 4.79 Å². The van der Waals surface area contributed by atoms with Crippen molar-refractivity contribution in [3.63, 3.8) is 0 Å². The van der Waals surface area contributed by atoms with Crippen LogP contribution in [-0.4, -0.2) is 46.0 Å². The van der Waals surface area contributed by atoms with E-state index in [1.165, 1.54) is 0 Å². The Morgan fingerprint density at radius 2 is 1.95 bits per heavy atom. The van der Waals surface area contributed by atoms with Gasteiger partial charge in [-0.15, -0.1) is 0 Å². The predicted molar refractivity (Wildman–Crippen MR) is 77.6 cm³/mol. The normalized spacial score (nSPS) is 22.0. The molecule has 0 aromatic heterocycles. The lowest BCUT2D eigenvalue weighted by Crippen LogP contribution is -2.46. The van der Waals surface area contributed by atoms with Crippen LogP contribution in [0.3, 0.4) is 0 Å². The minimum atomic E-state index is -1.09. The molecule has 1 aliphatic rings. The van der Waals surface area contributed by atoms with Crippen LogP contribution in [0.25, 0.3) is 0 Å². The highest BCUT2D eigenvalue weighted by Gasteiger charge is 2.33. The van der Waals surface area contributed by atoms with Gasteiger partial charge in [-0.1, -0.05) is 30.3 Å². The number of carboxylic acid groups (broad SMARTS) is 2. The van der Waals surface area contributed by atoms with Gasteiger partial charge in [-0.3, -0.25) is 9.79 Å². The minimum Gasteiger partial charge on any atom is -0.481 e. The first-order valence-corrected chi connectivity index (χ1v) is 6.81. The van der Waals surface area contributed by atoms with Gasteiger partial charge in [-0.2, -0.15) is 0 Å². The number of amides is 1. The summed E-state index contributed by atoms with van der Waals surface area (Å²) in [5, 5.41) is 18.3. The number of carboxylic acids is 1. The SMILES string of the molecule is CC(N=C1CCN(C(=O)O)CC1C(=O)O)c1ccccc1. The Balaban J connectivity index is 2.19. The van der Waals surface area contributed by atoms with E-state index in [4.69, 9.17) is 5.11 Å². The van der Waals surface area contributed by atoms with Crippen LogP contribution >= 0.6 is 0 Å². The summed E-state index contributed by atoms with van der Waals surface area (Å²) in [5.41, 5.74) is 1.58. The van der Waals surface area contributed by atoms with Crippen LogP contribution in [0, 0.1) is 5.92 Å². The summed E-state index contributed by atoms with van der Waals surface area (Å²) in [5.74, 6) is -1.89. The molecule has 0 spiro atoms. The molecule has 21 heavy (non-hydrogen) atoms. The Hall–Kier alpha value is -2.37. The maximum absolute atomic E-state index is 11.4. The molecule has 1 aromatic carbocycles. The fourth-order valence-corrected chi connectivity index (χ4v) is 2.44. The lowest BCUT2D eigenvalue weighted by Gasteiger charge is -2.30. The van der Waals surface area contributed by atoms with Crippen LogP contribution in [0.5, 0.6) is 0 Å². The summed E-state index contributed by atoms with van der Waals surface area (Å²) in [7, 11) is 0. The largest absolute Gasteiger partial charge is 0.481 e. The number of carbonyl (C=O) groups is 2. The summed E-state index contributed by atoms with van der Waals surface area (Å²) in [6, 6.07) is 9.48. The molecule has 112 valence electrons. The first kappa shape index (κ1) is 15.0. The van der Waals surface area contributed by atoms with Gasteiger partial charge in [0.1, 0.15) is 5.92 Å². The molecule has 6 heteroatoms. The number of hydrogen-bond acceptors (Lipinski definition) is 3. The number of rotatable bonds is 3. The van der Waals surface area contributed by atoms with Gasteiger partial charge in [0.2, 0.25) is 0 Å². The smallest absolute Gasteiger partial charge is 0.407 e. The van der Waals surface area contributed by atoms with E-state index in [-0.39, 0.29) is 12.6 Å². The molecule has 1 amide bonds. The second kappa shape index (κ2) is 6.39. The lowest BCUT2D eigenvalue weighted by molar-refractivity contribution is -0.140. The fourth-order valence-electron chi connectivity index (χ4n) is 2.44. The lowest BCUT2D eigenvalue weighted by atomic mass is 9.95. The van der Waals surface area contributed by atoms with E-state index in [0.717, 1.165) is 10.5 Å². The van der Waals surface area contributed by atoms with Crippen molar-refractivity contribution in [2.45, 2.75) is 19.4 Å². The van der Waals surface area contributed by atoms with Crippen LogP contribution in [0.4, 0.5) is 4.79 Å². The number of benzene rings is 1. The van der Waals surface area contributed by atoms with E-state index < -0.39 is 18.0 Å². The van der Waals surface area contributed by atoms with E-state index in [2.05, 4.69) is 4.99 Å². The van der Waals surface area contributed by atoms with Gasteiger partial charge in [0.05, 0.1) is 6.04 Å². The average Bonchev–Trinajstić information content (AvgIpc) is 2.48. The molecule has 0 aliphatic carbocycles. The van der Waals surface area contributed by atoms with Gasteiger partial charge in [-0.05, 0) is 12.5 Å². The van der Waals surface area contributed by atoms with Gasteiger partial charge in [0.15, 0.2) is 0 Å². The second-order valence-corrected chi connectivity index (χ2v) is 5.08. The number of hydrogen-bond donors (Lipinski definition) is 2. The first-order valence-electron chi connectivity index (χ1n) is 6.81. The summed E-state index contributed by atoms with van der Waals surface area (Å²) in [4.78, 5) is 28.0. The van der Waals surface area contributed by atoms with Crippen LogP contribution < -0.4 is 0 Å². The highest BCUT2D eigenvalue weighted by molar-refractivity contribution is 6.03.